The van der Waals surface area contributed by atoms with E-state index in [9.17, 15) is 4.79 Å². The molecule has 0 aliphatic heterocycles. The number of rotatable bonds is 6. The summed E-state index contributed by atoms with van der Waals surface area (Å²) in [6.45, 7) is 1.37. The Morgan fingerprint density at radius 1 is 1.32 bits per heavy atom. The van der Waals surface area contributed by atoms with Gasteiger partial charge in [0.1, 0.15) is 5.75 Å². The van der Waals surface area contributed by atoms with Crippen LogP contribution in [0.25, 0.3) is 0 Å². The number of hydrogen-bond acceptors (Lipinski definition) is 4. The lowest BCUT2D eigenvalue weighted by atomic mass is 9.89. The first-order chi connectivity index (χ1) is 12.2. The van der Waals surface area contributed by atoms with Crippen LogP contribution in [-0.2, 0) is 13.1 Å². The molecule has 6 nitrogen and oxygen atoms in total. The molecule has 0 spiro atoms. The van der Waals surface area contributed by atoms with Gasteiger partial charge in [0, 0.05) is 20.1 Å². The van der Waals surface area contributed by atoms with Crippen LogP contribution in [0.15, 0.2) is 30.5 Å². The zero-order chi connectivity index (χ0) is 17.6. The quantitative estimate of drug-likeness (QED) is 0.809. The maximum Gasteiger partial charge on any atom is 0.276 e. The summed E-state index contributed by atoms with van der Waals surface area (Å²) in [6.07, 6.45) is 8.21. The van der Waals surface area contributed by atoms with Crippen molar-refractivity contribution in [1.29, 1.82) is 0 Å². The van der Waals surface area contributed by atoms with Crippen LogP contribution in [0.2, 0.25) is 0 Å². The average Bonchev–Trinajstić information content (AvgIpc) is 3.10. The van der Waals surface area contributed by atoms with Crippen molar-refractivity contribution in [1.82, 2.24) is 19.9 Å². The fourth-order valence-electron chi connectivity index (χ4n) is 3.43. The van der Waals surface area contributed by atoms with Crippen LogP contribution in [0, 0.1) is 5.92 Å². The van der Waals surface area contributed by atoms with Crippen molar-refractivity contribution >= 4 is 5.91 Å². The molecule has 1 aromatic carbocycles. The first-order valence-corrected chi connectivity index (χ1v) is 8.94. The van der Waals surface area contributed by atoms with Crippen molar-refractivity contribution in [2.45, 2.75) is 45.2 Å². The van der Waals surface area contributed by atoms with Crippen LogP contribution < -0.4 is 4.74 Å². The third kappa shape index (κ3) is 4.59. The molecule has 1 amide bonds. The SMILES string of the molecule is COc1cccc(CN(C)C(=O)c2cn(CC3CCCCC3)nn2)c1. The lowest BCUT2D eigenvalue weighted by Crippen LogP contribution is -2.26. The van der Waals surface area contributed by atoms with Gasteiger partial charge in [-0.05, 0) is 36.5 Å². The van der Waals surface area contributed by atoms with E-state index in [1.165, 1.54) is 32.1 Å². The van der Waals surface area contributed by atoms with Gasteiger partial charge in [0.25, 0.3) is 5.91 Å². The molecule has 1 aromatic heterocycles. The predicted molar refractivity (Wildman–Crippen MR) is 95.4 cm³/mol. The molecule has 0 atom stereocenters. The van der Waals surface area contributed by atoms with Crippen LogP contribution in [0.1, 0.15) is 48.2 Å². The number of carbonyl (C=O) groups is 1. The van der Waals surface area contributed by atoms with Crippen LogP contribution >= 0.6 is 0 Å². The van der Waals surface area contributed by atoms with E-state index in [2.05, 4.69) is 10.3 Å². The molecule has 0 saturated heterocycles. The van der Waals surface area contributed by atoms with Gasteiger partial charge in [0.2, 0.25) is 0 Å². The maximum absolute atomic E-state index is 12.6. The third-order valence-electron chi connectivity index (χ3n) is 4.83. The van der Waals surface area contributed by atoms with Crippen LogP contribution in [0.5, 0.6) is 5.75 Å². The largest absolute Gasteiger partial charge is 0.497 e. The molecule has 2 aromatic rings. The second-order valence-corrected chi connectivity index (χ2v) is 6.84. The van der Waals surface area contributed by atoms with Gasteiger partial charge in [-0.1, -0.05) is 36.6 Å². The number of aromatic nitrogens is 3. The maximum atomic E-state index is 12.6. The second-order valence-electron chi connectivity index (χ2n) is 6.84. The second kappa shape index (κ2) is 8.14. The number of amides is 1. The van der Waals surface area contributed by atoms with Gasteiger partial charge < -0.3 is 9.64 Å². The van der Waals surface area contributed by atoms with Crippen LogP contribution in [0.4, 0.5) is 0 Å². The molecule has 1 fully saturated rings. The lowest BCUT2D eigenvalue weighted by Gasteiger charge is -2.20. The highest BCUT2D eigenvalue weighted by Crippen LogP contribution is 2.24. The summed E-state index contributed by atoms with van der Waals surface area (Å²) >= 11 is 0. The van der Waals surface area contributed by atoms with Crippen molar-refractivity contribution < 1.29 is 9.53 Å². The van der Waals surface area contributed by atoms with Gasteiger partial charge in [-0.15, -0.1) is 5.10 Å². The molecule has 1 heterocycles. The van der Waals surface area contributed by atoms with E-state index >= 15 is 0 Å². The van der Waals surface area contributed by atoms with E-state index in [-0.39, 0.29) is 5.91 Å². The minimum atomic E-state index is -0.113. The number of nitrogens with zero attached hydrogens (tertiary/aromatic N) is 4. The Kier molecular flexibility index (Phi) is 5.68. The van der Waals surface area contributed by atoms with E-state index in [1.807, 2.05) is 28.9 Å². The van der Waals surface area contributed by atoms with Gasteiger partial charge >= 0.3 is 0 Å². The molecule has 0 bridgehead atoms. The number of methoxy groups -OCH3 is 1. The summed E-state index contributed by atoms with van der Waals surface area (Å²) in [6, 6.07) is 7.73. The Balaban J connectivity index is 1.60. The highest BCUT2D eigenvalue weighted by atomic mass is 16.5. The predicted octanol–water partition coefficient (Wildman–Crippen LogP) is 3.14. The first kappa shape index (κ1) is 17.5. The zero-order valence-corrected chi connectivity index (χ0v) is 15.0. The van der Waals surface area contributed by atoms with E-state index in [1.54, 1.807) is 25.3 Å². The molecule has 1 saturated carbocycles. The molecule has 0 unspecified atom stereocenters. The number of ether oxygens (including phenoxy) is 1. The van der Waals surface area contributed by atoms with Gasteiger partial charge in [0.15, 0.2) is 5.69 Å². The first-order valence-electron chi connectivity index (χ1n) is 8.94. The molecule has 0 radical (unpaired) electrons. The molecular formula is C19H26N4O2. The third-order valence-corrected chi connectivity index (χ3v) is 4.83. The highest BCUT2D eigenvalue weighted by molar-refractivity contribution is 5.91. The fourth-order valence-corrected chi connectivity index (χ4v) is 3.43. The molecule has 3 rings (SSSR count). The summed E-state index contributed by atoms with van der Waals surface area (Å²) in [4.78, 5) is 14.2. The van der Waals surface area contributed by atoms with Crippen molar-refractivity contribution in [3.63, 3.8) is 0 Å². The van der Waals surface area contributed by atoms with Crippen molar-refractivity contribution in [2.75, 3.05) is 14.2 Å². The minimum Gasteiger partial charge on any atom is -0.497 e. The number of carbonyl (C=O) groups excluding carboxylic acids is 1. The Labute approximate surface area is 148 Å². The smallest absolute Gasteiger partial charge is 0.276 e. The van der Waals surface area contributed by atoms with E-state index in [4.69, 9.17) is 4.74 Å². The highest BCUT2D eigenvalue weighted by Gasteiger charge is 2.19. The topological polar surface area (TPSA) is 60.2 Å². The van der Waals surface area contributed by atoms with Crippen molar-refractivity contribution in [2.24, 2.45) is 5.92 Å². The lowest BCUT2D eigenvalue weighted by molar-refractivity contribution is 0.0779. The number of hydrogen-bond donors (Lipinski definition) is 0. The normalized spacial score (nSPS) is 15.1. The molecule has 134 valence electrons. The van der Waals surface area contributed by atoms with Crippen molar-refractivity contribution in [3.05, 3.63) is 41.7 Å². The standard InChI is InChI=1S/C19H26N4O2/c1-22(12-16-9-6-10-17(11-16)25-2)19(24)18-14-23(21-20-18)13-15-7-4-3-5-8-15/h6,9-11,14-15H,3-5,7-8,12-13H2,1-2H3. The summed E-state index contributed by atoms with van der Waals surface area (Å²) in [5.41, 5.74) is 1.42. The Morgan fingerprint density at radius 2 is 2.12 bits per heavy atom. The zero-order valence-electron chi connectivity index (χ0n) is 15.0. The minimum absolute atomic E-state index is 0.113. The number of benzene rings is 1. The van der Waals surface area contributed by atoms with Crippen LogP contribution in [0.3, 0.4) is 0 Å². The molecule has 1 aliphatic carbocycles. The summed E-state index contributed by atoms with van der Waals surface area (Å²) in [5.74, 6) is 1.34. The Bertz CT molecular complexity index is 707. The van der Waals surface area contributed by atoms with E-state index in [0.717, 1.165) is 17.9 Å². The summed E-state index contributed by atoms with van der Waals surface area (Å²) in [5, 5.41) is 8.22. The van der Waals surface area contributed by atoms with E-state index < -0.39 is 0 Å². The summed E-state index contributed by atoms with van der Waals surface area (Å²) in [7, 11) is 3.42. The van der Waals surface area contributed by atoms with Gasteiger partial charge in [0.05, 0.1) is 13.3 Å². The molecule has 6 heteroatoms. The van der Waals surface area contributed by atoms with Gasteiger partial charge in [-0.3, -0.25) is 9.48 Å². The molecule has 1 aliphatic rings. The fraction of sp³-hybridized carbons (Fsp3) is 0.526. The average molecular weight is 342 g/mol. The Hall–Kier alpha value is -2.37. The van der Waals surface area contributed by atoms with Crippen LogP contribution in [-0.4, -0.2) is 40.0 Å². The summed E-state index contributed by atoms with van der Waals surface area (Å²) < 4.78 is 7.05. The Morgan fingerprint density at radius 3 is 2.88 bits per heavy atom. The van der Waals surface area contributed by atoms with E-state index in [0.29, 0.717) is 18.2 Å². The molecular weight excluding hydrogens is 316 g/mol. The van der Waals surface area contributed by atoms with Gasteiger partial charge in [-0.25, -0.2) is 0 Å². The molecule has 25 heavy (non-hydrogen) atoms. The van der Waals surface area contributed by atoms with Crippen molar-refractivity contribution in [3.8, 4) is 5.75 Å². The monoisotopic (exact) mass is 342 g/mol. The molecule has 0 N–H and O–H groups in total. The van der Waals surface area contributed by atoms with Gasteiger partial charge in [-0.2, -0.15) is 0 Å².